The van der Waals surface area contributed by atoms with E-state index in [0.29, 0.717) is 16.9 Å². The summed E-state index contributed by atoms with van der Waals surface area (Å²) < 4.78 is 10.9. The van der Waals surface area contributed by atoms with Crippen molar-refractivity contribution in [1.29, 1.82) is 0 Å². The van der Waals surface area contributed by atoms with Crippen molar-refractivity contribution >= 4 is 34.3 Å². The topological polar surface area (TPSA) is 146 Å². The fraction of sp³-hybridized carbons (Fsp3) is 0.0400. The van der Waals surface area contributed by atoms with E-state index in [1.165, 1.54) is 19.4 Å². The van der Waals surface area contributed by atoms with E-state index in [-0.39, 0.29) is 11.5 Å². The molecule has 0 atom stereocenters. The molecule has 0 spiro atoms. The molecule has 0 saturated carbocycles. The molecule has 0 heterocycles. The maximum absolute atomic E-state index is 12.6. The summed E-state index contributed by atoms with van der Waals surface area (Å²) in [4.78, 5) is 33.3. The van der Waals surface area contributed by atoms with Gasteiger partial charge in [0.25, 0.3) is 11.6 Å². The molecule has 0 aliphatic heterocycles. The monoisotopic (exact) mass is 486 g/mol. The van der Waals surface area contributed by atoms with Crippen molar-refractivity contribution < 1.29 is 24.1 Å². The van der Waals surface area contributed by atoms with Gasteiger partial charge in [-0.25, -0.2) is 5.43 Å². The number of nitrogens with one attached hydrogen (secondary N) is 1. The second-order valence-corrected chi connectivity index (χ2v) is 7.44. The highest BCUT2D eigenvalue weighted by Crippen LogP contribution is 2.34. The first kappa shape index (κ1) is 23.8. The van der Waals surface area contributed by atoms with Crippen molar-refractivity contribution in [2.24, 2.45) is 5.10 Å². The smallest absolute Gasteiger partial charge is 0.318 e. The number of carbonyl (C=O) groups excluding carboxylic acids is 1. The van der Waals surface area contributed by atoms with Crippen LogP contribution in [0.25, 0.3) is 10.8 Å². The Hall–Kier alpha value is -5.32. The molecule has 0 fully saturated rings. The molecule has 4 rings (SSSR count). The van der Waals surface area contributed by atoms with Gasteiger partial charge in [0.1, 0.15) is 11.5 Å². The molecule has 11 nitrogen and oxygen atoms in total. The second-order valence-electron chi connectivity index (χ2n) is 7.44. The number of fused-ring (bicyclic) bond motifs is 1. The number of methoxy groups -OCH3 is 1. The third kappa shape index (κ3) is 5.25. The maximum atomic E-state index is 12.6. The number of nitro groups is 2. The number of benzene rings is 4. The van der Waals surface area contributed by atoms with Gasteiger partial charge in [-0.15, -0.1) is 0 Å². The van der Waals surface area contributed by atoms with Gasteiger partial charge in [0.15, 0.2) is 0 Å². The van der Waals surface area contributed by atoms with E-state index in [4.69, 9.17) is 9.47 Å². The Morgan fingerprint density at radius 1 is 0.889 bits per heavy atom. The summed E-state index contributed by atoms with van der Waals surface area (Å²) in [6, 6.07) is 20.6. The highest BCUT2D eigenvalue weighted by Gasteiger charge is 2.21. The number of hydrazone groups is 1. The molecule has 0 unspecified atom stereocenters. The minimum atomic E-state index is -0.753. The molecule has 0 aromatic heterocycles. The summed E-state index contributed by atoms with van der Waals surface area (Å²) in [7, 11) is 1.49. The van der Waals surface area contributed by atoms with Crippen molar-refractivity contribution in [3.8, 4) is 17.2 Å². The lowest BCUT2D eigenvalue weighted by molar-refractivity contribution is -0.394. The third-order valence-electron chi connectivity index (χ3n) is 5.15. The van der Waals surface area contributed by atoms with Crippen molar-refractivity contribution in [1.82, 2.24) is 5.43 Å². The van der Waals surface area contributed by atoms with E-state index in [0.717, 1.165) is 22.9 Å². The largest absolute Gasteiger partial charge is 0.496 e. The number of ether oxygens (including phenoxy) is 2. The third-order valence-corrected chi connectivity index (χ3v) is 5.15. The van der Waals surface area contributed by atoms with Gasteiger partial charge in [-0.1, -0.05) is 24.3 Å². The van der Waals surface area contributed by atoms with Crippen LogP contribution >= 0.6 is 0 Å². The van der Waals surface area contributed by atoms with Gasteiger partial charge < -0.3 is 9.47 Å². The molecule has 0 radical (unpaired) electrons. The van der Waals surface area contributed by atoms with Gasteiger partial charge in [0, 0.05) is 6.07 Å². The molecule has 180 valence electrons. The Balaban J connectivity index is 1.44. The number of nitrogens with zero attached hydrogens (tertiary/aromatic N) is 3. The molecule has 36 heavy (non-hydrogen) atoms. The zero-order valence-corrected chi connectivity index (χ0v) is 18.8. The van der Waals surface area contributed by atoms with Gasteiger partial charge in [0.05, 0.1) is 34.8 Å². The van der Waals surface area contributed by atoms with E-state index in [9.17, 15) is 25.0 Å². The average molecular weight is 486 g/mol. The highest BCUT2D eigenvalue weighted by atomic mass is 16.6. The van der Waals surface area contributed by atoms with Crippen LogP contribution in [0.3, 0.4) is 0 Å². The normalized spacial score (nSPS) is 10.8. The minimum Gasteiger partial charge on any atom is -0.496 e. The number of amides is 1. The van der Waals surface area contributed by atoms with E-state index >= 15 is 0 Å². The zero-order valence-electron chi connectivity index (χ0n) is 18.8. The summed E-state index contributed by atoms with van der Waals surface area (Å²) in [5, 5.41) is 27.9. The van der Waals surface area contributed by atoms with Crippen LogP contribution in [0.5, 0.6) is 17.2 Å². The number of nitro benzene ring substituents is 2. The molecule has 11 heteroatoms. The molecule has 0 aliphatic carbocycles. The van der Waals surface area contributed by atoms with Gasteiger partial charge >= 0.3 is 5.69 Å². The summed E-state index contributed by atoms with van der Waals surface area (Å²) in [6.45, 7) is 0. The standard InChI is InChI=1S/C25H18N4O7/c1-35-24-13-18-5-3-2-4-17(18)12-21(24)25(30)27-26-15-16-6-9-20(10-7-16)36-23-11-8-19(28(31)32)14-22(23)29(33)34/h2-15H,1H3,(H,27,30). The fourth-order valence-corrected chi connectivity index (χ4v) is 3.39. The lowest BCUT2D eigenvalue weighted by atomic mass is 10.1. The summed E-state index contributed by atoms with van der Waals surface area (Å²) in [5.74, 6) is 0.111. The quantitative estimate of drug-likeness (QED) is 0.204. The van der Waals surface area contributed by atoms with Gasteiger partial charge in [-0.3, -0.25) is 25.0 Å². The number of hydrogen-bond acceptors (Lipinski definition) is 8. The van der Waals surface area contributed by atoms with Crippen LogP contribution in [0.2, 0.25) is 0 Å². The van der Waals surface area contributed by atoms with E-state index in [2.05, 4.69) is 10.5 Å². The lowest BCUT2D eigenvalue weighted by Crippen LogP contribution is -2.18. The van der Waals surface area contributed by atoms with Crippen LogP contribution in [-0.2, 0) is 0 Å². The zero-order chi connectivity index (χ0) is 25.7. The minimum absolute atomic E-state index is 0.136. The first-order valence-corrected chi connectivity index (χ1v) is 10.5. The first-order chi connectivity index (χ1) is 17.4. The fourth-order valence-electron chi connectivity index (χ4n) is 3.39. The number of rotatable bonds is 8. The van der Waals surface area contributed by atoms with Crippen LogP contribution in [0.15, 0.2) is 84.0 Å². The molecular formula is C25H18N4O7. The van der Waals surface area contributed by atoms with Crippen LogP contribution in [-0.4, -0.2) is 29.1 Å². The molecular weight excluding hydrogens is 468 g/mol. The molecule has 4 aromatic carbocycles. The van der Waals surface area contributed by atoms with Crippen LogP contribution in [0.1, 0.15) is 15.9 Å². The summed E-state index contributed by atoms with van der Waals surface area (Å²) in [5.41, 5.74) is 2.48. The Kier molecular flexibility index (Phi) is 6.82. The lowest BCUT2D eigenvalue weighted by Gasteiger charge is -2.09. The van der Waals surface area contributed by atoms with Gasteiger partial charge in [0.2, 0.25) is 5.75 Å². The highest BCUT2D eigenvalue weighted by molar-refractivity contribution is 6.02. The maximum Gasteiger partial charge on any atom is 0.318 e. The SMILES string of the molecule is COc1cc2ccccc2cc1C(=O)NN=Cc1ccc(Oc2ccc([N+](=O)[O-])cc2[N+](=O)[O-])cc1. The summed E-state index contributed by atoms with van der Waals surface area (Å²) >= 11 is 0. The predicted octanol–water partition coefficient (Wildman–Crippen LogP) is 5.22. The molecule has 0 bridgehead atoms. The Morgan fingerprint density at radius 2 is 1.58 bits per heavy atom. The second kappa shape index (κ2) is 10.3. The van der Waals surface area contributed by atoms with Crippen molar-refractivity contribution in [2.45, 2.75) is 0 Å². The van der Waals surface area contributed by atoms with Gasteiger partial charge in [-0.2, -0.15) is 5.10 Å². The Bertz CT molecular complexity index is 1500. The molecule has 0 saturated heterocycles. The van der Waals surface area contributed by atoms with Crippen molar-refractivity contribution in [2.75, 3.05) is 7.11 Å². The van der Waals surface area contributed by atoms with Crippen LogP contribution in [0, 0.1) is 20.2 Å². The van der Waals surface area contributed by atoms with E-state index in [1.54, 1.807) is 36.4 Å². The molecule has 1 amide bonds. The van der Waals surface area contributed by atoms with Crippen molar-refractivity contribution in [3.63, 3.8) is 0 Å². The average Bonchev–Trinajstić information content (AvgIpc) is 2.88. The Morgan fingerprint density at radius 3 is 2.22 bits per heavy atom. The van der Waals surface area contributed by atoms with Crippen LogP contribution < -0.4 is 14.9 Å². The van der Waals surface area contributed by atoms with Crippen LogP contribution in [0.4, 0.5) is 11.4 Å². The predicted molar refractivity (Wildman–Crippen MR) is 132 cm³/mol. The number of hydrogen-bond donors (Lipinski definition) is 1. The number of carbonyl (C=O) groups is 1. The number of non-ortho nitro benzene ring substituents is 1. The van der Waals surface area contributed by atoms with Crippen molar-refractivity contribution in [3.05, 3.63) is 110 Å². The molecule has 1 N–H and O–H groups in total. The van der Waals surface area contributed by atoms with E-state index in [1.807, 2.05) is 24.3 Å². The molecule has 0 aliphatic rings. The first-order valence-electron chi connectivity index (χ1n) is 10.5. The summed E-state index contributed by atoms with van der Waals surface area (Å²) in [6.07, 6.45) is 1.42. The van der Waals surface area contributed by atoms with E-state index < -0.39 is 27.1 Å². The molecule has 4 aromatic rings. The van der Waals surface area contributed by atoms with Gasteiger partial charge in [-0.05, 0) is 58.8 Å². The Labute approximate surface area is 203 Å².